The van der Waals surface area contributed by atoms with E-state index in [1.807, 2.05) is 61.2 Å². The van der Waals surface area contributed by atoms with Crippen LogP contribution in [0.2, 0.25) is 0 Å². The van der Waals surface area contributed by atoms with E-state index >= 15 is 0 Å². The number of Topliss-reactive ketones (excluding diaryl/α,β-unsaturated/α-hetero) is 1. The molecule has 2 aromatic rings. The first-order valence-corrected chi connectivity index (χ1v) is 10.7. The minimum absolute atomic E-state index is 0.0265. The van der Waals surface area contributed by atoms with Gasteiger partial charge in [-0.25, -0.2) is 0 Å². The first kappa shape index (κ1) is 19.8. The molecular formula is C25H30N2O2. The van der Waals surface area contributed by atoms with Crippen molar-refractivity contribution in [3.63, 3.8) is 0 Å². The molecule has 1 saturated heterocycles. The zero-order valence-corrected chi connectivity index (χ0v) is 17.6. The lowest BCUT2D eigenvalue weighted by Gasteiger charge is -2.34. The summed E-state index contributed by atoms with van der Waals surface area (Å²) in [7, 11) is 0. The number of hydrogen-bond donors (Lipinski definition) is 0. The molecule has 4 nitrogen and oxygen atoms in total. The molecule has 4 rings (SSSR count). The average molecular weight is 391 g/mol. The second-order valence-electron chi connectivity index (χ2n) is 8.68. The van der Waals surface area contributed by atoms with Crippen LogP contribution in [-0.2, 0) is 6.42 Å². The van der Waals surface area contributed by atoms with Crippen LogP contribution in [0.25, 0.3) is 0 Å². The smallest absolute Gasteiger partial charge is 0.258 e. The van der Waals surface area contributed by atoms with Crippen LogP contribution in [0, 0.1) is 12.8 Å². The number of carbonyl (C=O) groups is 2. The molecule has 0 aromatic heterocycles. The lowest BCUT2D eigenvalue weighted by Crippen LogP contribution is -2.43. The molecule has 1 amide bonds. The lowest BCUT2D eigenvalue weighted by molar-refractivity contribution is 0.0778. The molecule has 29 heavy (non-hydrogen) atoms. The normalized spacial score (nSPS) is 18.5. The number of nitrogens with zero attached hydrogens (tertiary/aromatic N) is 2. The summed E-state index contributed by atoms with van der Waals surface area (Å²) in [6.07, 6.45) is 3.12. The van der Waals surface area contributed by atoms with Gasteiger partial charge in [-0.05, 0) is 88.0 Å². The van der Waals surface area contributed by atoms with Crippen LogP contribution in [0.4, 0.5) is 5.69 Å². The van der Waals surface area contributed by atoms with Gasteiger partial charge in [0.15, 0.2) is 5.78 Å². The van der Waals surface area contributed by atoms with Crippen LogP contribution < -0.4 is 4.90 Å². The number of piperidine rings is 1. The summed E-state index contributed by atoms with van der Waals surface area (Å²) in [6, 6.07) is 13.5. The molecule has 2 aliphatic heterocycles. The van der Waals surface area contributed by atoms with Crippen molar-refractivity contribution in [1.82, 2.24) is 4.90 Å². The number of aryl methyl sites for hydroxylation is 1. The van der Waals surface area contributed by atoms with E-state index in [9.17, 15) is 9.59 Å². The van der Waals surface area contributed by atoms with E-state index < -0.39 is 0 Å². The maximum Gasteiger partial charge on any atom is 0.258 e. The topological polar surface area (TPSA) is 40.6 Å². The highest BCUT2D eigenvalue weighted by Gasteiger charge is 2.29. The standard InChI is InChI=1S/C25H30N2O2/c1-17-4-6-20(7-5-17)25(29)27-15-12-21-16-22(8-9-23(21)27)24(28)19(3)26-13-10-18(2)11-14-26/h4-9,16,18-19H,10-15H2,1-3H3/t19-/m0/s1. The molecule has 0 bridgehead atoms. The number of anilines is 1. The Bertz CT molecular complexity index is 911. The summed E-state index contributed by atoms with van der Waals surface area (Å²) in [5.74, 6) is 0.967. The number of hydrogen-bond acceptors (Lipinski definition) is 3. The van der Waals surface area contributed by atoms with Crippen LogP contribution in [0.15, 0.2) is 42.5 Å². The highest BCUT2D eigenvalue weighted by molar-refractivity contribution is 6.08. The summed E-state index contributed by atoms with van der Waals surface area (Å²) in [6.45, 7) is 8.99. The van der Waals surface area contributed by atoms with Gasteiger partial charge in [-0.1, -0.05) is 24.6 Å². The van der Waals surface area contributed by atoms with E-state index in [-0.39, 0.29) is 17.7 Å². The van der Waals surface area contributed by atoms with Crippen LogP contribution in [0.5, 0.6) is 0 Å². The third-order valence-corrected chi connectivity index (χ3v) is 6.55. The molecule has 0 N–H and O–H groups in total. The summed E-state index contributed by atoms with van der Waals surface area (Å²) >= 11 is 0. The summed E-state index contributed by atoms with van der Waals surface area (Å²) < 4.78 is 0. The fourth-order valence-electron chi connectivity index (χ4n) is 4.44. The van der Waals surface area contributed by atoms with Gasteiger partial charge in [-0.2, -0.15) is 0 Å². The summed E-state index contributed by atoms with van der Waals surface area (Å²) in [4.78, 5) is 30.2. The van der Waals surface area contributed by atoms with Crippen molar-refractivity contribution in [1.29, 1.82) is 0 Å². The number of rotatable bonds is 4. The Labute approximate surface area is 173 Å². The van der Waals surface area contributed by atoms with Crippen molar-refractivity contribution < 1.29 is 9.59 Å². The number of amides is 1. The molecular weight excluding hydrogens is 360 g/mol. The maximum absolute atomic E-state index is 13.1. The SMILES string of the molecule is Cc1ccc(C(=O)N2CCc3cc(C(=O)[C@H](C)N4CCC(C)CC4)ccc32)cc1. The zero-order valence-electron chi connectivity index (χ0n) is 17.6. The molecule has 0 spiro atoms. The van der Waals surface area contributed by atoms with Gasteiger partial charge in [0.25, 0.3) is 5.91 Å². The van der Waals surface area contributed by atoms with Crippen LogP contribution in [0.3, 0.4) is 0 Å². The number of benzene rings is 2. The van der Waals surface area contributed by atoms with Crippen molar-refractivity contribution in [3.05, 3.63) is 64.7 Å². The molecule has 2 aliphatic rings. The number of fused-ring (bicyclic) bond motifs is 1. The van der Waals surface area contributed by atoms with Gasteiger partial charge in [-0.15, -0.1) is 0 Å². The highest BCUT2D eigenvalue weighted by atomic mass is 16.2. The highest BCUT2D eigenvalue weighted by Crippen LogP contribution is 2.31. The van der Waals surface area contributed by atoms with Crippen LogP contribution >= 0.6 is 0 Å². The molecule has 152 valence electrons. The van der Waals surface area contributed by atoms with Gasteiger partial charge in [0.1, 0.15) is 0 Å². The third-order valence-electron chi connectivity index (χ3n) is 6.55. The Morgan fingerprint density at radius 1 is 0.966 bits per heavy atom. The van der Waals surface area contributed by atoms with Crippen molar-refractivity contribution in [2.45, 2.75) is 46.1 Å². The molecule has 1 atom stereocenters. The van der Waals surface area contributed by atoms with Crippen LogP contribution in [-0.4, -0.2) is 42.3 Å². The van der Waals surface area contributed by atoms with Crippen molar-refractivity contribution in [2.75, 3.05) is 24.5 Å². The molecule has 0 aliphatic carbocycles. The predicted molar refractivity (Wildman–Crippen MR) is 117 cm³/mol. The first-order chi connectivity index (χ1) is 13.9. The fraction of sp³-hybridized carbons (Fsp3) is 0.440. The summed E-state index contributed by atoms with van der Waals surface area (Å²) in [5, 5.41) is 0. The van der Waals surface area contributed by atoms with Gasteiger partial charge in [0.2, 0.25) is 0 Å². The fourth-order valence-corrected chi connectivity index (χ4v) is 4.44. The number of likely N-dealkylation sites (tertiary alicyclic amines) is 1. The first-order valence-electron chi connectivity index (χ1n) is 10.7. The quantitative estimate of drug-likeness (QED) is 0.722. The second-order valence-corrected chi connectivity index (χ2v) is 8.68. The molecule has 2 aromatic carbocycles. The lowest BCUT2D eigenvalue weighted by atomic mass is 9.95. The van der Waals surface area contributed by atoms with Gasteiger partial charge >= 0.3 is 0 Å². The Hall–Kier alpha value is -2.46. The van der Waals surface area contributed by atoms with E-state index in [0.717, 1.165) is 60.6 Å². The Morgan fingerprint density at radius 3 is 2.31 bits per heavy atom. The minimum Gasteiger partial charge on any atom is -0.308 e. The monoisotopic (exact) mass is 390 g/mol. The maximum atomic E-state index is 13.1. The van der Waals surface area contributed by atoms with E-state index in [1.54, 1.807) is 0 Å². The number of carbonyl (C=O) groups excluding carboxylic acids is 2. The van der Waals surface area contributed by atoms with E-state index in [4.69, 9.17) is 0 Å². The Balaban J connectivity index is 1.50. The van der Waals surface area contributed by atoms with E-state index in [2.05, 4.69) is 11.8 Å². The Kier molecular flexibility index (Phi) is 5.55. The van der Waals surface area contributed by atoms with Crippen molar-refractivity contribution in [2.24, 2.45) is 5.92 Å². The number of ketones is 1. The zero-order chi connectivity index (χ0) is 20.5. The minimum atomic E-state index is -0.0905. The van der Waals surface area contributed by atoms with Gasteiger partial charge < -0.3 is 4.90 Å². The van der Waals surface area contributed by atoms with Gasteiger partial charge in [0.05, 0.1) is 6.04 Å². The Morgan fingerprint density at radius 2 is 1.62 bits per heavy atom. The predicted octanol–water partition coefficient (Wildman–Crippen LogP) is 4.50. The third kappa shape index (κ3) is 3.99. The van der Waals surface area contributed by atoms with Crippen molar-refractivity contribution in [3.8, 4) is 0 Å². The molecule has 1 fully saturated rings. The van der Waals surface area contributed by atoms with Gasteiger partial charge in [-0.3, -0.25) is 14.5 Å². The van der Waals surface area contributed by atoms with Gasteiger partial charge in [0, 0.05) is 23.4 Å². The molecule has 0 unspecified atom stereocenters. The molecule has 4 heteroatoms. The van der Waals surface area contributed by atoms with E-state index in [0.29, 0.717) is 12.1 Å². The second kappa shape index (κ2) is 8.11. The van der Waals surface area contributed by atoms with E-state index in [1.165, 1.54) is 0 Å². The largest absolute Gasteiger partial charge is 0.308 e. The average Bonchev–Trinajstić information content (AvgIpc) is 3.16. The molecule has 0 saturated carbocycles. The molecule has 0 radical (unpaired) electrons. The van der Waals surface area contributed by atoms with Crippen molar-refractivity contribution >= 4 is 17.4 Å². The van der Waals surface area contributed by atoms with Crippen LogP contribution in [0.1, 0.15) is 58.5 Å². The molecule has 2 heterocycles. The summed E-state index contributed by atoms with van der Waals surface area (Å²) in [5.41, 5.74) is 4.64.